The first kappa shape index (κ1) is 16.4. The van der Waals surface area contributed by atoms with Crippen LogP contribution >= 0.6 is 0 Å². The van der Waals surface area contributed by atoms with Gasteiger partial charge in [0.2, 0.25) is 0 Å². The molecule has 0 radical (unpaired) electrons. The quantitative estimate of drug-likeness (QED) is 0.839. The minimum atomic E-state index is -3.50. The zero-order valence-electron chi connectivity index (χ0n) is 12.8. The van der Waals surface area contributed by atoms with E-state index in [1.807, 2.05) is 6.92 Å². The Morgan fingerprint density at radius 1 is 1.43 bits per heavy atom. The van der Waals surface area contributed by atoms with Crippen LogP contribution in [0.1, 0.15) is 42.8 Å². The molecule has 1 saturated heterocycles. The molecule has 2 rings (SSSR count). The van der Waals surface area contributed by atoms with Crippen LogP contribution in [0.4, 0.5) is 0 Å². The van der Waals surface area contributed by atoms with Crippen LogP contribution < -0.4 is 10.5 Å². The van der Waals surface area contributed by atoms with E-state index in [2.05, 4.69) is 9.88 Å². The second-order valence-electron chi connectivity index (χ2n) is 5.66. The SMILES string of the molecule is Cc1noc(C)c1C(C)NS(=O)(=O)N1CCC(CN)CC1. The predicted octanol–water partition coefficient (Wildman–Crippen LogP) is 0.858. The smallest absolute Gasteiger partial charge is 0.279 e. The topological polar surface area (TPSA) is 101 Å². The molecular weight excluding hydrogens is 292 g/mol. The lowest BCUT2D eigenvalue weighted by Crippen LogP contribution is -2.46. The molecule has 1 unspecified atom stereocenters. The number of nitrogens with one attached hydrogen (secondary N) is 1. The van der Waals surface area contributed by atoms with E-state index >= 15 is 0 Å². The molecule has 0 bridgehead atoms. The normalized spacial score (nSPS) is 19.8. The molecule has 120 valence electrons. The Kier molecular flexibility index (Phi) is 5.03. The van der Waals surface area contributed by atoms with Crippen molar-refractivity contribution in [2.45, 2.75) is 39.7 Å². The van der Waals surface area contributed by atoms with Crippen LogP contribution in [0.2, 0.25) is 0 Å². The van der Waals surface area contributed by atoms with E-state index in [0.29, 0.717) is 37.0 Å². The summed E-state index contributed by atoms with van der Waals surface area (Å²) in [6.45, 7) is 7.06. The average Bonchev–Trinajstić information content (AvgIpc) is 2.77. The Labute approximate surface area is 126 Å². The molecule has 0 spiro atoms. The third-order valence-electron chi connectivity index (χ3n) is 4.09. The molecule has 1 fully saturated rings. The highest BCUT2D eigenvalue weighted by Crippen LogP contribution is 2.23. The van der Waals surface area contributed by atoms with Gasteiger partial charge in [0.25, 0.3) is 10.2 Å². The number of aromatic nitrogens is 1. The van der Waals surface area contributed by atoms with Crippen LogP contribution in [0.3, 0.4) is 0 Å². The second kappa shape index (κ2) is 6.43. The van der Waals surface area contributed by atoms with Crippen LogP contribution in [0.5, 0.6) is 0 Å². The molecule has 0 aliphatic carbocycles. The van der Waals surface area contributed by atoms with E-state index in [-0.39, 0.29) is 6.04 Å². The number of hydrogen-bond donors (Lipinski definition) is 2. The third-order valence-corrected chi connectivity index (χ3v) is 5.79. The summed E-state index contributed by atoms with van der Waals surface area (Å²) in [6, 6.07) is -0.367. The molecule has 1 aromatic rings. The van der Waals surface area contributed by atoms with E-state index in [0.717, 1.165) is 18.4 Å². The lowest BCUT2D eigenvalue weighted by atomic mass is 9.99. The standard InChI is InChI=1S/C13H24N4O3S/c1-9-13(11(3)20-15-9)10(2)16-21(18,19)17-6-4-12(8-14)5-7-17/h10,12,16H,4-8,14H2,1-3H3. The van der Waals surface area contributed by atoms with Crippen molar-refractivity contribution in [3.8, 4) is 0 Å². The van der Waals surface area contributed by atoms with Crippen LogP contribution in [-0.4, -0.2) is 37.5 Å². The van der Waals surface area contributed by atoms with Crippen molar-refractivity contribution in [1.29, 1.82) is 0 Å². The van der Waals surface area contributed by atoms with Gasteiger partial charge in [-0.3, -0.25) is 0 Å². The number of rotatable bonds is 5. The summed E-state index contributed by atoms with van der Waals surface area (Å²) in [5, 5.41) is 3.86. The zero-order valence-corrected chi connectivity index (χ0v) is 13.6. The molecule has 1 atom stereocenters. The lowest BCUT2D eigenvalue weighted by molar-refractivity contribution is 0.274. The molecule has 1 aliphatic heterocycles. The molecule has 7 nitrogen and oxygen atoms in total. The van der Waals surface area contributed by atoms with E-state index < -0.39 is 10.2 Å². The molecule has 8 heteroatoms. The number of piperidine rings is 1. The summed E-state index contributed by atoms with van der Waals surface area (Å²) >= 11 is 0. The average molecular weight is 316 g/mol. The van der Waals surface area contributed by atoms with Crippen LogP contribution in [0.15, 0.2) is 4.52 Å². The summed E-state index contributed by atoms with van der Waals surface area (Å²) in [5.41, 5.74) is 7.15. The van der Waals surface area contributed by atoms with Gasteiger partial charge in [-0.1, -0.05) is 5.16 Å². The summed E-state index contributed by atoms with van der Waals surface area (Å²) < 4.78 is 34.2. The van der Waals surface area contributed by atoms with Crippen LogP contribution in [0.25, 0.3) is 0 Å². The molecule has 0 aromatic carbocycles. The van der Waals surface area contributed by atoms with Gasteiger partial charge in [-0.2, -0.15) is 17.4 Å². The fourth-order valence-corrected chi connectivity index (χ4v) is 4.26. The van der Waals surface area contributed by atoms with E-state index in [1.54, 1.807) is 13.8 Å². The maximum absolute atomic E-state index is 12.4. The first-order valence-electron chi connectivity index (χ1n) is 7.25. The van der Waals surface area contributed by atoms with Gasteiger partial charge in [-0.15, -0.1) is 0 Å². The molecule has 3 N–H and O–H groups in total. The highest BCUT2D eigenvalue weighted by atomic mass is 32.2. The first-order valence-corrected chi connectivity index (χ1v) is 8.69. The second-order valence-corrected chi connectivity index (χ2v) is 7.36. The number of aryl methyl sites for hydroxylation is 2. The summed E-state index contributed by atoms with van der Waals surface area (Å²) in [4.78, 5) is 0. The van der Waals surface area contributed by atoms with Crippen molar-refractivity contribution < 1.29 is 12.9 Å². The van der Waals surface area contributed by atoms with Crippen molar-refractivity contribution in [1.82, 2.24) is 14.2 Å². The van der Waals surface area contributed by atoms with Crippen molar-refractivity contribution in [2.24, 2.45) is 11.7 Å². The van der Waals surface area contributed by atoms with Gasteiger partial charge >= 0.3 is 0 Å². The van der Waals surface area contributed by atoms with Gasteiger partial charge in [0.05, 0.1) is 11.7 Å². The fraction of sp³-hybridized carbons (Fsp3) is 0.769. The molecule has 0 saturated carbocycles. The van der Waals surface area contributed by atoms with Crippen molar-refractivity contribution in [2.75, 3.05) is 19.6 Å². The fourth-order valence-electron chi connectivity index (χ4n) is 2.85. The van der Waals surface area contributed by atoms with E-state index in [1.165, 1.54) is 4.31 Å². The van der Waals surface area contributed by atoms with Crippen LogP contribution in [-0.2, 0) is 10.2 Å². The number of nitrogens with zero attached hydrogens (tertiary/aromatic N) is 2. The third kappa shape index (κ3) is 3.63. The van der Waals surface area contributed by atoms with E-state index in [4.69, 9.17) is 10.3 Å². The molecule has 21 heavy (non-hydrogen) atoms. The summed E-state index contributed by atoms with van der Waals surface area (Å²) in [6.07, 6.45) is 1.63. The molecule has 0 amide bonds. The van der Waals surface area contributed by atoms with Crippen molar-refractivity contribution in [3.05, 3.63) is 17.0 Å². The molecule has 1 aromatic heterocycles. The zero-order chi connectivity index (χ0) is 15.6. The highest BCUT2D eigenvalue weighted by molar-refractivity contribution is 7.87. The van der Waals surface area contributed by atoms with Crippen molar-refractivity contribution >= 4 is 10.2 Å². The van der Waals surface area contributed by atoms with Gasteiger partial charge in [0.1, 0.15) is 5.76 Å². The van der Waals surface area contributed by atoms with Gasteiger partial charge in [0, 0.05) is 18.7 Å². The summed E-state index contributed by atoms with van der Waals surface area (Å²) in [5.74, 6) is 1.07. The Hall–Kier alpha value is -0.960. The van der Waals surface area contributed by atoms with Gasteiger partial charge < -0.3 is 10.3 Å². The van der Waals surface area contributed by atoms with Crippen molar-refractivity contribution in [3.63, 3.8) is 0 Å². The minimum Gasteiger partial charge on any atom is -0.361 e. The van der Waals surface area contributed by atoms with Gasteiger partial charge in [0.15, 0.2) is 0 Å². The molecule has 2 heterocycles. The monoisotopic (exact) mass is 316 g/mol. The maximum atomic E-state index is 12.4. The van der Waals surface area contributed by atoms with Gasteiger partial charge in [-0.25, -0.2) is 0 Å². The first-order chi connectivity index (χ1) is 9.85. The minimum absolute atomic E-state index is 0.367. The largest absolute Gasteiger partial charge is 0.361 e. The Balaban J connectivity index is 2.04. The Bertz CT molecular complexity index is 557. The van der Waals surface area contributed by atoms with Gasteiger partial charge in [-0.05, 0) is 46.1 Å². The lowest BCUT2D eigenvalue weighted by Gasteiger charge is -2.31. The van der Waals surface area contributed by atoms with E-state index in [9.17, 15) is 8.42 Å². The Morgan fingerprint density at radius 3 is 2.52 bits per heavy atom. The number of hydrogen-bond acceptors (Lipinski definition) is 5. The Morgan fingerprint density at radius 2 is 2.05 bits per heavy atom. The molecule has 1 aliphatic rings. The van der Waals surface area contributed by atoms with Crippen LogP contribution in [0, 0.1) is 19.8 Å². The number of nitrogens with two attached hydrogens (primary N) is 1. The maximum Gasteiger partial charge on any atom is 0.279 e. The predicted molar refractivity (Wildman–Crippen MR) is 79.8 cm³/mol. The molecular formula is C13H24N4O3S. The summed E-state index contributed by atoms with van der Waals surface area (Å²) in [7, 11) is -3.50. The highest BCUT2D eigenvalue weighted by Gasteiger charge is 2.30.